The molecule has 21 nitrogen and oxygen atoms in total. The molecule has 4 aromatic carbocycles. The van der Waals surface area contributed by atoms with Crippen LogP contribution < -0.4 is 48.3 Å². The summed E-state index contributed by atoms with van der Waals surface area (Å²) in [6.45, 7) is 2.39. The van der Waals surface area contributed by atoms with E-state index in [1.165, 1.54) is 13.8 Å². The van der Waals surface area contributed by atoms with E-state index >= 15 is 0 Å². The third-order valence-corrected chi connectivity index (χ3v) is 16.1. The van der Waals surface area contributed by atoms with E-state index in [1.54, 1.807) is 48.7 Å². The van der Waals surface area contributed by atoms with Crippen LogP contribution >= 0.6 is 21.6 Å². The maximum absolute atomic E-state index is 15.0. The Hall–Kier alpha value is -7.54. The number of nitrogens with zero attached hydrogens (tertiary/aromatic N) is 1. The van der Waals surface area contributed by atoms with E-state index in [1.807, 2.05) is 78.9 Å². The number of amides is 7. The second-order valence-corrected chi connectivity index (χ2v) is 22.6. The van der Waals surface area contributed by atoms with Gasteiger partial charge >= 0.3 is 0 Å². The average Bonchev–Trinajstić information content (AvgIpc) is 3.90. The molecular weight excluding hydrogens is 1070 g/mol. The fourth-order valence-electron chi connectivity index (χ4n) is 9.09. The Balaban J connectivity index is 1.23. The van der Waals surface area contributed by atoms with E-state index in [0.29, 0.717) is 36.3 Å². The molecule has 2 aromatic heterocycles. The first-order valence-corrected chi connectivity index (χ1v) is 29.4. The number of aliphatic hydroxyl groups is 3. The van der Waals surface area contributed by atoms with Gasteiger partial charge in [0.25, 0.3) is 0 Å². The molecule has 23 heteroatoms. The normalized spacial score (nSPS) is 21.4. The summed E-state index contributed by atoms with van der Waals surface area (Å²) in [5.74, 6) is -5.42. The maximum Gasteiger partial charge on any atom is 0.245 e. The van der Waals surface area contributed by atoms with Crippen LogP contribution in [0.3, 0.4) is 0 Å². The van der Waals surface area contributed by atoms with Gasteiger partial charge < -0.3 is 68.6 Å². The minimum atomic E-state index is -1.69. The van der Waals surface area contributed by atoms with Crippen LogP contribution in [0, 0.1) is 0 Å². The van der Waals surface area contributed by atoms with Crippen molar-refractivity contribution >= 4 is 90.6 Å². The van der Waals surface area contributed by atoms with Crippen molar-refractivity contribution in [1.29, 1.82) is 0 Å². The molecule has 1 fully saturated rings. The van der Waals surface area contributed by atoms with Gasteiger partial charge in [-0.15, -0.1) is 0 Å². The van der Waals surface area contributed by atoms with Crippen LogP contribution in [0.25, 0.3) is 21.8 Å². The van der Waals surface area contributed by atoms with Crippen LogP contribution in [0.15, 0.2) is 128 Å². The highest BCUT2D eigenvalue weighted by Gasteiger charge is 2.36. The van der Waals surface area contributed by atoms with Gasteiger partial charge in [0.05, 0.1) is 36.4 Å². The Morgan fingerprint density at radius 3 is 2.04 bits per heavy atom. The summed E-state index contributed by atoms with van der Waals surface area (Å²) in [7, 11) is 2.06. The fourth-order valence-corrected chi connectivity index (χ4v) is 11.4. The topological polar surface area (TPSA) is 331 Å². The van der Waals surface area contributed by atoms with Gasteiger partial charge in [-0.05, 0) is 80.5 Å². The molecule has 14 N–H and O–H groups in total. The first-order chi connectivity index (χ1) is 39.1. The lowest BCUT2D eigenvalue weighted by molar-refractivity contribution is -0.136. The smallest absolute Gasteiger partial charge is 0.245 e. The van der Waals surface area contributed by atoms with Gasteiger partial charge in [-0.3, -0.25) is 33.6 Å². The van der Waals surface area contributed by atoms with Crippen molar-refractivity contribution in [2.75, 3.05) is 30.0 Å². The number of aromatic amines is 1. The molecule has 1 aliphatic rings. The molecule has 6 aromatic rings. The first kappa shape index (κ1) is 61.1. The molecule has 430 valence electrons. The summed E-state index contributed by atoms with van der Waals surface area (Å²) < 4.78 is 0. The maximum atomic E-state index is 15.0. The number of anilines is 1. The number of fused-ring (bicyclic) bond motifs is 2. The van der Waals surface area contributed by atoms with Crippen LogP contribution in [-0.2, 0) is 52.8 Å². The SMILES string of the molecule is CC(O)C(CO)NC(=O)[C@@H]1CSSC[C@H](NC(=O)[C@H](N)Cc2ccccc2)C(=O)N[C@@H](Cc2ccccc2)C(=O)N[C@H](Cc2c[nH]c3ccccc23)C(=O)N[C@@H](CCCCNc2ccc3ccccc3n2)C(=O)N[C@@H]([C@@H](C)O)C(=O)N1. The minimum Gasteiger partial charge on any atom is -0.394 e. The molecule has 3 heterocycles. The highest BCUT2D eigenvalue weighted by Crippen LogP contribution is 2.25. The lowest BCUT2D eigenvalue weighted by Gasteiger charge is -2.29. The van der Waals surface area contributed by atoms with Crippen molar-refractivity contribution < 1.29 is 48.9 Å². The number of carbonyl (C=O) groups is 7. The van der Waals surface area contributed by atoms with Gasteiger partial charge in [-0.1, -0.05) is 119 Å². The summed E-state index contributed by atoms with van der Waals surface area (Å²) >= 11 is 0. The lowest BCUT2D eigenvalue weighted by Crippen LogP contribution is -2.62. The van der Waals surface area contributed by atoms with E-state index < -0.39 is 108 Å². The van der Waals surface area contributed by atoms with Crippen molar-refractivity contribution in [2.45, 2.75) is 113 Å². The number of unbranched alkanes of at least 4 members (excludes halogenated alkanes) is 1. The summed E-state index contributed by atoms with van der Waals surface area (Å²) in [6.07, 6.45) is -0.218. The Labute approximate surface area is 477 Å². The third-order valence-electron chi connectivity index (χ3n) is 13.7. The number of hydrogen-bond acceptors (Lipinski definition) is 15. The van der Waals surface area contributed by atoms with Gasteiger partial charge in [0, 0.05) is 53.4 Å². The minimum absolute atomic E-state index is 0.0158. The number of para-hydroxylation sites is 2. The number of hydrogen-bond donors (Lipinski definition) is 13. The summed E-state index contributed by atoms with van der Waals surface area (Å²) in [5, 5.41) is 55.5. The second kappa shape index (κ2) is 30.3. The molecule has 1 aliphatic heterocycles. The van der Waals surface area contributed by atoms with E-state index in [0.717, 1.165) is 49.0 Å². The standard InChI is InChI=1S/C58H71N11O10S2/c1-34(71)47(31-70)66-57(78)49-33-81-80-32-48(67-52(73)41(59)27-36-15-5-3-6-16-36)56(77)64-45(28-37-17-7-4-8-18-37)54(75)65-46(29-39-30-61-43-22-12-10-20-40(39)43)55(76)63-44(53(74)69-51(35(2)72)58(79)68-49)23-13-14-26-60-50-25-24-38-19-9-11-21-42(38)62-50/h3-12,15-22,24-25,30,34-35,41,44-49,51,61,70-72H,13-14,23,26-29,31-33,59H2,1-2H3,(H,60,62)(H,63,76)(H,64,77)(H,65,75)(H,66,78)(H,67,73)(H,68,79)(H,69,74)/t34?,35-,41-,44+,45+,46-,47?,48+,49+,51+/m1/s1. The second-order valence-electron chi connectivity index (χ2n) is 20.0. The van der Waals surface area contributed by atoms with Gasteiger partial charge in [0.15, 0.2) is 0 Å². The van der Waals surface area contributed by atoms with Gasteiger partial charge in [0.2, 0.25) is 41.4 Å². The largest absolute Gasteiger partial charge is 0.394 e. The third kappa shape index (κ3) is 18.0. The predicted octanol–water partition coefficient (Wildman–Crippen LogP) is 1.90. The van der Waals surface area contributed by atoms with Crippen LogP contribution in [-0.4, -0.2) is 152 Å². The van der Waals surface area contributed by atoms with Gasteiger partial charge in [-0.25, -0.2) is 4.98 Å². The van der Waals surface area contributed by atoms with Crippen LogP contribution in [0.4, 0.5) is 5.82 Å². The van der Waals surface area contributed by atoms with Crippen molar-refractivity contribution in [2.24, 2.45) is 5.73 Å². The molecule has 7 rings (SSSR count). The molecule has 81 heavy (non-hydrogen) atoms. The van der Waals surface area contributed by atoms with Crippen LogP contribution in [0.1, 0.15) is 49.8 Å². The molecular formula is C58H71N11O10S2. The van der Waals surface area contributed by atoms with Crippen molar-refractivity contribution in [3.8, 4) is 0 Å². The Morgan fingerprint density at radius 1 is 0.691 bits per heavy atom. The number of pyridine rings is 1. The van der Waals surface area contributed by atoms with Crippen molar-refractivity contribution in [3.63, 3.8) is 0 Å². The lowest BCUT2D eigenvalue weighted by atomic mass is 10.0. The summed E-state index contributed by atoms with van der Waals surface area (Å²) in [4.78, 5) is 109. The number of nitrogens with one attached hydrogen (secondary N) is 9. The van der Waals surface area contributed by atoms with Crippen molar-refractivity contribution in [1.82, 2.24) is 47.2 Å². The van der Waals surface area contributed by atoms with Crippen molar-refractivity contribution in [3.05, 3.63) is 144 Å². The van der Waals surface area contributed by atoms with Gasteiger partial charge in [-0.2, -0.15) is 0 Å². The van der Waals surface area contributed by atoms with Gasteiger partial charge in [0.1, 0.15) is 42.1 Å². The monoisotopic (exact) mass is 1150 g/mol. The summed E-state index contributed by atoms with van der Waals surface area (Å²) in [5.41, 5.74) is 10.0. The zero-order valence-corrected chi connectivity index (χ0v) is 46.6. The quantitative estimate of drug-likeness (QED) is 0.0407. The molecule has 0 bridgehead atoms. The van der Waals surface area contributed by atoms with E-state index in [4.69, 9.17) is 5.73 Å². The highest BCUT2D eigenvalue weighted by atomic mass is 33.1. The number of nitrogens with two attached hydrogens (primary N) is 1. The number of H-pyrrole nitrogens is 1. The number of aliphatic hydroxyl groups excluding tert-OH is 3. The Kier molecular flexibility index (Phi) is 22.9. The number of rotatable bonds is 19. The Bertz CT molecular complexity index is 3080. The fraction of sp³-hybridized carbons (Fsp3) is 0.379. The predicted molar refractivity (Wildman–Crippen MR) is 313 cm³/mol. The Morgan fingerprint density at radius 2 is 1.32 bits per heavy atom. The molecule has 0 spiro atoms. The molecule has 2 unspecified atom stereocenters. The zero-order chi connectivity index (χ0) is 57.8. The number of carbonyl (C=O) groups excluding carboxylic acids is 7. The number of benzene rings is 4. The molecule has 0 aliphatic carbocycles. The molecule has 7 amide bonds. The molecule has 0 radical (unpaired) electrons. The average molecular weight is 1150 g/mol. The van der Waals surface area contributed by atoms with Crippen LogP contribution in [0.5, 0.6) is 0 Å². The molecule has 1 saturated heterocycles. The van der Waals surface area contributed by atoms with E-state index in [9.17, 15) is 48.9 Å². The zero-order valence-electron chi connectivity index (χ0n) is 45.0. The van der Waals surface area contributed by atoms with E-state index in [-0.39, 0.29) is 37.2 Å². The summed E-state index contributed by atoms with van der Waals surface area (Å²) in [6, 6.07) is 26.0. The molecule has 10 atom stereocenters. The first-order valence-electron chi connectivity index (χ1n) is 26.9. The highest BCUT2D eigenvalue weighted by molar-refractivity contribution is 8.76. The van der Waals surface area contributed by atoms with E-state index in [2.05, 4.69) is 52.5 Å². The molecule has 0 saturated carbocycles. The van der Waals surface area contributed by atoms with Crippen LogP contribution in [0.2, 0.25) is 0 Å². The number of aromatic nitrogens is 2.